The van der Waals surface area contributed by atoms with Gasteiger partial charge in [-0.25, -0.2) is 4.39 Å². The Bertz CT molecular complexity index is 695. The number of hydrogen-bond acceptors (Lipinski definition) is 4. The lowest BCUT2D eigenvalue weighted by molar-refractivity contribution is -0.129. The number of rotatable bonds is 2. The number of hydrogen-bond donors (Lipinski definition) is 1. The van der Waals surface area contributed by atoms with E-state index in [1.165, 1.54) is 17.8 Å². The molecule has 1 amide bonds. The maximum Gasteiger partial charge on any atom is 0.239 e. The average molecular weight is 386 g/mol. The van der Waals surface area contributed by atoms with Gasteiger partial charge in [0.1, 0.15) is 10.6 Å². The summed E-state index contributed by atoms with van der Waals surface area (Å²) in [5.74, 6) is -0.370. The van der Waals surface area contributed by atoms with Crippen LogP contribution in [0.4, 0.5) is 4.39 Å². The molecule has 7 heteroatoms. The number of nitrogens with zero attached hydrogens (tertiary/aromatic N) is 2. The summed E-state index contributed by atoms with van der Waals surface area (Å²) >= 11 is 4.68. The van der Waals surface area contributed by atoms with Crippen LogP contribution in [0.25, 0.3) is 0 Å². The van der Waals surface area contributed by atoms with Crippen molar-refractivity contribution < 1.29 is 9.18 Å². The van der Waals surface area contributed by atoms with Crippen molar-refractivity contribution in [1.29, 1.82) is 0 Å². The number of nitrogens with two attached hydrogens (primary N) is 1. The van der Waals surface area contributed by atoms with Gasteiger partial charge >= 0.3 is 0 Å². The van der Waals surface area contributed by atoms with Crippen molar-refractivity contribution >= 4 is 38.8 Å². The van der Waals surface area contributed by atoms with Crippen LogP contribution >= 0.6 is 27.7 Å². The van der Waals surface area contributed by atoms with Gasteiger partial charge in [-0.15, -0.1) is 0 Å². The van der Waals surface area contributed by atoms with Crippen LogP contribution in [0.5, 0.6) is 0 Å². The Balaban J connectivity index is 2.10. The molecule has 1 fully saturated rings. The van der Waals surface area contributed by atoms with Crippen molar-refractivity contribution in [2.24, 2.45) is 16.6 Å². The van der Waals surface area contributed by atoms with Gasteiger partial charge in [0.2, 0.25) is 5.91 Å². The molecule has 2 aliphatic rings. The molecule has 0 spiro atoms. The standard InChI is InChI=1S/C15H17BrFN3OS/c1-14(9-6-8(16)4-5-10(9)17)11-7-15(11,12(21)20(2)3)22-13(18)19-14/h4-6,11H,7H2,1-3H3,(H2,18,19)/t11-,14+,15-/m0/s1. The van der Waals surface area contributed by atoms with Crippen molar-refractivity contribution in [3.05, 3.63) is 34.1 Å². The molecule has 0 saturated heterocycles. The fourth-order valence-corrected chi connectivity index (χ4v) is 5.18. The molecule has 118 valence electrons. The van der Waals surface area contributed by atoms with Gasteiger partial charge in [0, 0.05) is 30.0 Å². The fraction of sp³-hybridized carbons (Fsp3) is 0.467. The Hall–Kier alpha value is -1.08. The Labute approximate surface area is 141 Å². The molecule has 1 aliphatic carbocycles. The Morgan fingerprint density at radius 1 is 1.55 bits per heavy atom. The normalized spacial score (nSPS) is 33.0. The summed E-state index contributed by atoms with van der Waals surface area (Å²) in [5, 5.41) is 0.339. The first-order chi connectivity index (χ1) is 10.2. The molecule has 1 aromatic rings. The van der Waals surface area contributed by atoms with Crippen LogP contribution in [0.2, 0.25) is 0 Å². The highest BCUT2D eigenvalue weighted by molar-refractivity contribution is 9.10. The Morgan fingerprint density at radius 2 is 2.23 bits per heavy atom. The number of halogens is 2. The van der Waals surface area contributed by atoms with E-state index < -0.39 is 10.3 Å². The van der Waals surface area contributed by atoms with E-state index in [0.29, 0.717) is 17.2 Å². The summed E-state index contributed by atoms with van der Waals surface area (Å²) in [5.41, 5.74) is 5.64. The minimum absolute atomic E-state index is 0.0157. The molecular weight excluding hydrogens is 369 g/mol. The lowest BCUT2D eigenvalue weighted by atomic mass is 9.85. The van der Waals surface area contributed by atoms with E-state index in [4.69, 9.17) is 5.73 Å². The quantitative estimate of drug-likeness (QED) is 0.851. The number of fused-ring (bicyclic) bond motifs is 1. The second kappa shape index (κ2) is 4.96. The molecule has 1 aliphatic heterocycles. The van der Waals surface area contributed by atoms with E-state index in [0.717, 1.165) is 4.47 Å². The monoisotopic (exact) mass is 385 g/mol. The SMILES string of the molecule is CN(C)C(=O)[C@]12C[C@H]1[C@@](C)(c1cc(Br)ccc1F)N=C(N)S2. The van der Waals surface area contributed by atoms with E-state index in [-0.39, 0.29) is 17.6 Å². The summed E-state index contributed by atoms with van der Waals surface area (Å²) < 4.78 is 14.5. The van der Waals surface area contributed by atoms with Crippen molar-refractivity contribution in [2.75, 3.05) is 14.1 Å². The Kier molecular flexibility index (Phi) is 3.56. The number of carbonyl (C=O) groups is 1. The van der Waals surface area contributed by atoms with Crippen molar-refractivity contribution in [2.45, 2.75) is 23.6 Å². The maximum absolute atomic E-state index is 14.4. The molecule has 1 heterocycles. The first kappa shape index (κ1) is 15.8. The van der Waals surface area contributed by atoms with Crippen LogP contribution in [0.3, 0.4) is 0 Å². The van der Waals surface area contributed by atoms with E-state index in [1.807, 2.05) is 6.92 Å². The van der Waals surface area contributed by atoms with Gasteiger partial charge in [-0.05, 0) is 31.5 Å². The van der Waals surface area contributed by atoms with Crippen molar-refractivity contribution in [3.8, 4) is 0 Å². The van der Waals surface area contributed by atoms with Crippen LogP contribution in [-0.4, -0.2) is 34.8 Å². The summed E-state index contributed by atoms with van der Waals surface area (Å²) in [6.07, 6.45) is 0.654. The van der Waals surface area contributed by atoms with Crippen LogP contribution in [-0.2, 0) is 10.3 Å². The van der Waals surface area contributed by atoms with Gasteiger partial charge in [-0.2, -0.15) is 0 Å². The number of amidine groups is 1. The lowest BCUT2D eigenvalue weighted by Crippen LogP contribution is -2.43. The predicted octanol–water partition coefficient (Wildman–Crippen LogP) is 2.71. The van der Waals surface area contributed by atoms with Gasteiger partial charge in [-0.3, -0.25) is 9.79 Å². The minimum Gasteiger partial charge on any atom is -0.378 e. The van der Waals surface area contributed by atoms with E-state index in [9.17, 15) is 9.18 Å². The van der Waals surface area contributed by atoms with Gasteiger partial charge in [0.15, 0.2) is 5.17 Å². The van der Waals surface area contributed by atoms with E-state index in [1.54, 1.807) is 31.1 Å². The van der Waals surface area contributed by atoms with Crippen LogP contribution in [0.1, 0.15) is 18.9 Å². The van der Waals surface area contributed by atoms with Crippen molar-refractivity contribution in [3.63, 3.8) is 0 Å². The third kappa shape index (κ3) is 2.17. The molecule has 0 unspecified atom stereocenters. The first-order valence-electron chi connectivity index (χ1n) is 6.92. The molecule has 0 radical (unpaired) electrons. The zero-order chi connectivity index (χ0) is 16.3. The van der Waals surface area contributed by atoms with Crippen LogP contribution < -0.4 is 5.73 Å². The van der Waals surface area contributed by atoms with Crippen LogP contribution in [0, 0.1) is 11.7 Å². The molecule has 22 heavy (non-hydrogen) atoms. The van der Waals surface area contributed by atoms with Gasteiger partial charge in [-0.1, -0.05) is 27.7 Å². The van der Waals surface area contributed by atoms with Crippen molar-refractivity contribution in [1.82, 2.24) is 4.90 Å². The average Bonchev–Trinajstić information content (AvgIpc) is 3.16. The number of amides is 1. The van der Waals surface area contributed by atoms with E-state index in [2.05, 4.69) is 20.9 Å². The molecule has 1 aromatic carbocycles. The third-order valence-corrected chi connectivity index (χ3v) is 6.24. The highest BCUT2D eigenvalue weighted by Crippen LogP contribution is 2.66. The summed E-state index contributed by atoms with van der Waals surface area (Å²) in [4.78, 5) is 18.7. The molecule has 0 bridgehead atoms. The zero-order valence-electron chi connectivity index (χ0n) is 12.6. The highest BCUT2D eigenvalue weighted by Gasteiger charge is 2.71. The Morgan fingerprint density at radius 3 is 2.86 bits per heavy atom. The number of aliphatic imine (C=N–C) groups is 1. The molecule has 0 aromatic heterocycles. The predicted molar refractivity (Wildman–Crippen MR) is 90.2 cm³/mol. The topological polar surface area (TPSA) is 58.7 Å². The highest BCUT2D eigenvalue weighted by atomic mass is 79.9. The number of carbonyl (C=O) groups excluding carboxylic acids is 1. The molecule has 3 atom stereocenters. The second-order valence-corrected chi connectivity index (χ2v) is 8.44. The molecule has 1 saturated carbocycles. The fourth-order valence-electron chi connectivity index (χ4n) is 3.32. The van der Waals surface area contributed by atoms with Crippen LogP contribution in [0.15, 0.2) is 27.7 Å². The number of benzene rings is 1. The molecule has 4 nitrogen and oxygen atoms in total. The molecular formula is C15H17BrFN3OS. The van der Waals surface area contributed by atoms with E-state index >= 15 is 0 Å². The summed E-state index contributed by atoms with van der Waals surface area (Å²) in [7, 11) is 3.46. The summed E-state index contributed by atoms with van der Waals surface area (Å²) in [6, 6.07) is 4.79. The molecule has 3 rings (SSSR count). The molecule has 2 N–H and O–H groups in total. The zero-order valence-corrected chi connectivity index (χ0v) is 15.0. The number of thioether (sulfide) groups is 1. The largest absolute Gasteiger partial charge is 0.378 e. The van der Waals surface area contributed by atoms with Gasteiger partial charge < -0.3 is 10.6 Å². The maximum atomic E-state index is 14.4. The smallest absolute Gasteiger partial charge is 0.239 e. The third-order valence-electron chi connectivity index (χ3n) is 4.46. The second-order valence-electron chi connectivity index (χ2n) is 6.17. The minimum atomic E-state index is -0.825. The summed E-state index contributed by atoms with van der Waals surface area (Å²) in [6.45, 7) is 1.86. The first-order valence-corrected chi connectivity index (χ1v) is 8.53. The van der Waals surface area contributed by atoms with Gasteiger partial charge in [0.05, 0.1) is 5.54 Å². The lowest BCUT2D eigenvalue weighted by Gasteiger charge is -2.34. The van der Waals surface area contributed by atoms with Gasteiger partial charge in [0.25, 0.3) is 0 Å².